The molecule has 110 valence electrons. The molecule has 0 atom stereocenters. The Morgan fingerprint density at radius 3 is 2.85 bits per heavy atom. The largest absolute Gasteiger partial charge is 0.490 e. The molecule has 1 fully saturated rings. The Balaban J connectivity index is 0.00000147. The third kappa shape index (κ3) is 3.44. The summed E-state index contributed by atoms with van der Waals surface area (Å²) in [5.41, 5.74) is 1.06. The number of hydrogen-bond donors (Lipinski definition) is 2. The van der Waals surface area contributed by atoms with Crippen LogP contribution in [0.25, 0.3) is 10.9 Å². The molecule has 0 unspecified atom stereocenters. The van der Waals surface area contributed by atoms with Crippen LogP contribution in [0, 0.1) is 0 Å². The first-order valence-corrected chi connectivity index (χ1v) is 7.18. The first-order chi connectivity index (χ1) is 9.35. The number of halogens is 1. The molecule has 1 aliphatic carbocycles. The number of aromatic amines is 1. The van der Waals surface area contributed by atoms with Gasteiger partial charge in [0, 0.05) is 11.4 Å². The van der Waals surface area contributed by atoms with Crippen molar-refractivity contribution in [2.45, 2.75) is 44.8 Å². The highest BCUT2D eigenvalue weighted by Crippen LogP contribution is 2.25. The number of nitrogens with one attached hydrogen (secondary N) is 2. The summed E-state index contributed by atoms with van der Waals surface area (Å²) < 4.78 is 6.09. The zero-order valence-electron chi connectivity index (χ0n) is 11.8. The second-order valence-corrected chi connectivity index (χ2v) is 5.27. The van der Waals surface area contributed by atoms with Crippen LogP contribution in [0.3, 0.4) is 0 Å². The number of rotatable bonds is 4. The Kier molecular flexibility index (Phi) is 5.26. The smallest absolute Gasteiger partial charge is 0.120 e. The van der Waals surface area contributed by atoms with Crippen LogP contribution in [0.15, 0.2) is 24.4 Å². The Hall–Kier alpha value is -1.26. The molecular formula is C15H22ClN3O. The molecule has 1 heterocycles. The molecule has 0 saturated heterocycles. The molecule has 0 bridgehead atoms. The topological polar surface area (TPSA) is 49.9 Å². The summed E-state index contributed by atoms with van der Waals surface area (Å²) in [6, 6.07) is 6.80. The molecule has 0 spiro atoms. The van der Waals surface area contributed by atoms with Crippen molar-refractivity contribution in [1.82, 2.24) is 15.5 Å². The number of fused-ring (bicyclic) bond motifs is 1. The van der Waals surface area contributed by atoms with Crippen LogP contribution in [0.4, 0.5) is 0 Å². The molecule has 1 aromatic carbocycles. The lowest BCUT2D eigenvalue weighted by atomic mass is 9.93. The van der Waals surface area contributed by atoms with Gasteiger partial charge in [0.15, 0.2) is 0 Å². The molecule has 2 N–H and O–H groups in total. The summed E-state index contributed by atoms with van der Waals surface area (Å²) in [5, 5.41) is 11.6. The minimum atomic E-state index is 0. The average Bonchev–Trinajstić information content (AvgIpc) is 2.89. The molecule has 0 radical (unpaired) electrons. The first kappa shape index (κ1) is 15.1. The summed E-state index contributed by atoms with van der Waals surface area (Å²) in [4.78, 5) is 0. The van der Waals surface area contributed by atoms with E-state index in [2.05, 4.69) is 28.5 Å². The van der Waals surface area contributed by atoms with Crippen molar-refractivity contribution in [2.75, 3.05) is 6.54 Å². The summed E-state index contributed by atoms with van der Waals surface area (Å²) >= 11 is 0. The molecule has 4 nitrogen and oxygen atoms in total. The van der Waals surface area contributed by atoms with Crippen molar-refractivity contribution in [1.29, 1.82) is 0 Å². The minimum absolute atomic E-state index is 0. The third-order valence-corrected chi connectivity index (χ3v) is 3.88. The fraction of sp³-hybridized carbons (Fsp3) is 0.533. The molecule has 1 aromatic heterocycles. The average molecular weight is 296 g/mol. The molecule has 20 heavy (non-hydrogen) atoms. The lowest BCUT2D eigenvalue weighted by molar-refractivity contribution is 0.140. The van der Waals surface area contributed by atoms with Crippen LogP contribution in [-0.2, 0) is 0 Å². The van der Waals surface area contributed by atoms with Crippen molar-refractivity contribution in [3.05, 3.63) is 24.4 Å². The van der Waals surface area contributed by atoms with Crippen molar-refractivity contribution in [3.63, 3.8) is 0 Å². The second kappa shape index (κ2) is 6.95. The SMILES string of the molecule is CCNC1CCC(Oc2ccc3[nH]ncc3c2)CC1.Cl. The third-order valence-electron chi connectivity index (χ3n) is 3.88. The number of aromatic nitrogens is 2. The predicted octanol–water partition coefficient (Wildman–Crippen LogP) is 3.28. The van der Waals surface area contributed by atoms with Gasteiger partial charge in [0.2, 0.25) is 0 Å². The second-order valence-electron chi connectivity index (χ2n) is 5.27. The van der Waals surface area contributed by atoms with Gasteiger partial charge in [-0.25, -0.2) is 0 Å². The van der Waals surface area contributed by atoms with Crippen LogP contribution in [-0.4, -0.2) is 28.9 Å². The van der Waals surface area contributed by atoms with Gasteiger partial charge in [0.05, 0.1) is 17.8 Å². The maximum Gasteiger partial charge on any atom is 0.120 e. The Labute approximate surface area is 125 Å². The summed E-state index contributed by atoms with van der Waals surface area (Å²) in [6.45, 7) is 3.23. The van der Waals surface area contributed by atoms with Crippen LogP contribution in [0.2, 0.25) is 0 Å². The van der Waals surface area contributed by atoms with Gasteiger partial charge in [0.25, 0.3) is 0 Å². The van der Waals surface area contributed by atoms with Gasteiger partial charge in [-0.1, -0.05) is 6.92 Å². The van der Waals surface area contributed by atoms with Crippen molar-refractivity contribution >= 4 is 23.3 Å². The van der Waals surface area contributed by atoms with E-state index in [1.165, 1.54) is 12.8 Å². The minimum Gasteiger partial charge on any atom is -0.490 e. The van der Waals surface area contributed by atoms with Gasteiger partial charge in [-0.15, -0.1) is 12.4 Å². The Morgan fingerprint density at radius 1 is 1.30 bits per heavy atom. The molecule has 0 amide bonds. The van der Waals surface area contributed by atoms with E-state index in [1.807, 2.05) is 18.3 Å². The van der Waals surface area contributed by atoms with Gasteiger partial charge in [0.1, 0.15) is 5.75 Å². The standard InChI is InChI=1S/C15H21N3O.ClH/c1-2-16-12-3-5-13(6-4-12)19-14-7-8-15-11(9-14)10-17-18-15;/h7-10,12-13,16H,2-6H2,1H3,(H,17,18);1H. The number of H-pyrrole nitrogens is 1. The van der Waals surface area contributed by atoms with E-state index in [9.17, 15) is 0 Å². The van der Waals surface area contributed by atoms with Gasteiger partial charge in [-0.05, 0) is 50.4 Å². The summed E-state index contributed by atoms with van der Waals surface area (Å²) in [5.74, 6) is 0.959. The number of nitrogens with zero attached hydrogens (tertiary/aromatic N) is 1. The highest BCUT2D eigenvalue weighted by molar-refractivity contribution is 5.85. The normalized spacial score (nSPS) is 22.4. The molecule has 1 aliphatic rings. The highest BCUT2D eigenvalue weighted by Gasteiger charge is 2.21. The van der Waals surface area contributed by atoms with Gasteiger partial charge < -0.3 is 10.1 Å². The van der Waals surface area contributed by atoms with Crippen LogP contribution in [0.5, 0.6) is 5.75 Å². The highest BCUT2D eigenvalue weighted by atomic mass is 35.5. The van der Waals surface area contributed by atoms with Gasteiger partial charge >= 0.3 is 0 Å². The molecule has 0 aliphatic heterocycles. The molecular weight excluding hydrogens is 274 g/mol. The van der Waals surface area contributed by atoms with Crippen molar-refractivity contribution < 1.29 is 4.74 Å². The van der Waals surface area contributed by atoms with E-state index in [0.29, 0.717) is 12.1 Å². The van der Waals surface area contributed by atoms with E-state index < -0.39 is 0 Å². The quantitative estimate of drug-likeness (QED) is 0.910. The Bertz CT molecular complexity index is 535. The van der Waals surface area contributed by atoms with Crippen LogP contribution in [0.1, 0.15) is 32.6 Å². The van der Waals surface area contributed by atoms with E-state index >= 15 is 0 Å². The molecule has 2 aromatic rings. The Morgan fingerprint density at radius 2 is 2.10 bits per heavy atom. The lowest BCUT2D eigenvalue weighted by Gasteiger charge is -2.29. The number of ether oxygens (including phenoxy) is 1. The molecule has 5 heteroatoms. The van der Waals surface area contributed by atoms with E-state index in [0.717, 1.165) is 36.0 Å². The fourth-order valence-corrected chi connectivity index (χ4v) is 2.86. The zero-order valence-corrected chi connectivity index (χ0v) is 12.6. The number of benzene rings is 1. The van der Waals surface area contributed by atoms with E-state index in [1.54, 1.807) is 0 Å². The lowest BCUT2D eigenvalue weighted by Crippen LogP contribution is -2.36. The van der Waals surface area contributed by atoms with Crippen molar-refractivity contribution in [2.24, 2.45) is 0 Å². The monoisotopic (exact) mass is 295 g/mol. The maximum absolute atomic E-state index is 6.09. The van der Waals surface area contributed by atoms with Crippen LogP contribution >= 0.6 is 12.4 Å². The summed E-state index contributed by atoms with van der Waals surface area (Å²) in [7, 11) is 0. The van der Waals surface area contributed by atoms with Gasteiger partial charge in [-0.2, -0.15) is 5.10 Å². The number of hydrogen-bond acceptors (Lipinski definition) is 3. The van der Waals surface area contributed by atoms with E-state index in [-0.39, 0.29) is 12.4 Å². The fourth-order valence-electron chi connectivity index (χ4n) is 2.86. The first-order valence-electron chi connectivity index (χ1n) is 7.18. The van der Waals surface area contributed by atoms with Crippen molar-refractivity contribution in [3.8, 4) is 5.75 Å². The predicted molar refractivity (Wildman–Crippen MR) is 83.7 cm³/mol. The van der Waals surface area contributed by atoms with Gasteiger partial charge in [-0.3, -0.25) is 5.10 Å². The summed E-state index contributed by atoms with van der Waals surface area (Å²) in [6.07, 6.45) is 6.91. The maximum atomic E-state index is 6.09. The zero-order chi connectivity index (χ0) is 13.1. The molecule has 1 saturated carbocycles. The van der Waals surface area contributed by atoms with Crippen LogP contribution < -0.4 is 10.1 Å². The van der Waals surface area contributed by atoms with E-state index in [4.69, 9.17) is 4.74 Å². The molecule has 3 rings (SSSR count).